The highest BCUT2D eigenvalue weighted by atomic mass is 79.9. The van der Waals surface area contributed by atoms with Crippen LogP contribution >= 0.6 is 15.9 Å². The molecule has 2 aromatic carbocycles. The van der Waals surface area contributed by atoms with Crippen molar-refractivity contribution in [2.75, 3.05) is 5.32 Å². The quantitative estimate of drug-likeness (QED) is 0.689. The maximum atomic E-state index is 10.8. The van der Waals surface area contributed by atoms with Crippen LogP contribution in [0.25, 0.3) is 0 Å². The zero-order valence-electron chi connectivity index (χ0n) is 8.68. The average molecular weight is 292 g/mol. The third-order valence-corrected chi connectivity index (χ3v) is 2.64. The van der Waals surface area contributed by atoms with Crippen LogP contribution in [0.4, 0.5) is 17.1 Å². The normalized spacial score (nSPS) is 9.94. The second-order valence-electron chi connectivity index (χ2n) is 3.34. The Labute approximate surface area is 107 Å². The molecule has 85 valence electrons. The SMILES string of the molecule is O=[N+]([O-])c1c[c]ccc1Nc1cccc(Br)c1. The molecule has 0 unspecified atom stereocenters. The molecule has 2 aromatic rings. The molecule has 0 bridgehead atoms. The summed E-state index contributed by atoms with van der Waals surface area (Å²) >= 11 is 3.34. The van der Waals surface area contributed by atoms with Crippen LogP contribution in [0.5, 0.6) is 0 Å². The number of benzene rings is 2. The van der Waals surface area contributed by atoms with Crippen LogP contribution in [-0.4, -0.2) is 4.92 Å². The first-order valence-corrected chi connectivity index (χ1v) is 5.63. The van der Waals surface area contributed by atoms with Crippen LogP contribution in [0.1, 0.15) is 0 Å². The predicted molar refractivity (Wildman–Crippen MR) is 69.4 cm³/mol. The van der Waals surface area contributed by atoms with E-state index in [9.17, 15) is 10.1 Å². The molecule has 0 aromatic heterocycles. The van der Waals surface area contributed by atoms with Crippen molar-refractivity contribution in [3.8, 4) is 0 Å². The van der Waals surface area contributed by atoms with Crippen molar-refractivity contribution < 1.29 is 4.92 Å². The van der Waals surface area contributed by atoms with Crippen molar-refractivity contribution in [2.45, 2.75) is 0 Å². The minimum atomic E-state index is -0.434. The first kappa shape index (κ1) is 11.6. The summed E-state index contributed by atoms with van der Waals surface area (Å²) in [7, 11) is 0. The summed E-state index contributed by atoms with van der Waals surface area (Å²) in [6.45, 7) is 0. The predicted octanol–water partition coefficient (Wildman–Crippen LogP) is 3.90. The van der Waals surface area contributed by atoms with Gasteiger partial charge in [0.25, 0.3) is 5.69 Å². The topological polar surface area (TPSA) is 55.2 Å². The molecule has 0 aliphatic carbocycles. The van der Waals surface area contributed by atoms with E-state index in [1.165, 1.54) is 6.07 Å². The summed E-state index contributed by atoms with van der Waals surface area (Å²) < 4.78 is 0.910. The minimum absolute atomic E-state index is 0.00692. The van der Waals surface area contributed by atoms with Crippen LogP contribution in [-0.2, 0) is 0 Å². The van der Waals surface area contributed by atoms with Crippen LogP contribution in [0, 0.1) is 16.2 Å². The molecule has 2 rings (SSSR count). The molecule has 0 aliphatic rings. The van der Waals surface area contributed by atoms with Gasteiger partial charge in [-0.15, -0.1) is 0 Å². The highest BCUT2D eigenvalue weighted by Crippen LogP contribution is 2.27. The molecule has 0 saturated carbocycles. The molecule has 1 N–H and O–H groups in total. The number of anilines is 2. The summed E-state index contributed by atoms with van der Waals surface area (Å²) in [6, 6.07) is 14.7. The molecule has 0 atom stereocenters. The van der Waals surface area contributed by atoms with Gasteiger partial charge in [-0.3, -0.25) is 10.1 Å². The molecule has 5 heteroatoms. The van der Waals surface area contributed by atoms with Gasteiger partial charge in [0.2, 0.25) is 0 Å². The summed E-state index contributed by atoms with van der Waals surface area (Å²) in [5.74, 6) is 0. The lowest BCUT2D eigenvalue weighted by Crippen LogP contribution is -1.96. The third kappa shape index (κ3) is 2.82. The van der Waals surface area contributed by atoms with E-state index in [2.05, 4.69) is 27.3 Å². The fourth-order valence-corrected chi connectivity index (χ4v) is 1.80. The lowest BCUT2D eigenvalue weighted by molar-refractivity contribution is -0.383. The van der Waals surface area contributed by atoms with Crippen molar-refractivity contribution in [2.24, 2.45) is 0 Å². The number of rotatable bonds is 3. The molecule has 1 radical (unpaired) electrons. The first-order chi connectivity index (χ1) is 8.16. The van der Waals surface area contributed by atoms with Gasteiger partial charge in [-0.05, 0) is 30.3 Å². The molecular weight excluding hydrogens is 284 g/mol. The second-order valence-corrected chi connectivity index (χ2v) is 4.25. The first-order valence-electron chi connectivity index (χ1n) is 4.84. The molecule has 0 fully saturated rings. The van der Waals surface area contributed by atoms with Gasteiger partial charge in [-0.2, -0.15) is 0 Å². The van der Waals surface area contributed by atoms with E-state index in [1.54, 1.807) is 12.1 Å². The van der Waals surface area contributed by atoms with Crippen LogP contribution in [0.3, 0.4) is 0 Å². The van der Waals surface area contributed by atoms with E-state index in [0.29, 0.717) is 5.69 Å². The van der Waals surface area contributed by atoms with Crippen molar-refractivity contribution in [1.29, 1.82) is 0 Å². The highest BCUT2D eigenvalue weighted by Gasteiger charge is 2.12. The summed E-state index contributed by atoms with van der Waals surface area (Å²) in [4.78, 5) is 10.4. The van der Waals surface area contributed by atoms with E-state index in [4.69, 9.17) is 0 Å². The fraction of sp³-hybridized carbons (Fsp3) is 0. The Kier molecular flexibility index (Phi) is 3.39. The molecule has 0 saturated heterocycles. The molecule has 0 aliphatic heterocycles. The van der Waals surface area contributed by atoms with E-state index in [-0.39, 0.29) is 5.69 Å². The minimum Gasteiger partial charge on any atom is -0.350 e. The zero-order chi connectivity index (χ0) is 12.3. The smallest absolute Gasteiger partial charge is 0.293 e. The Morgan fingerprint density at radius 3 is 2.88 bits per heavy atom. The van der Waals surface area contributed by atoms with Crippen LogP contribution < -0.4 is 5.32 Å². The van der Waals surface area contributed by atoms with Crippen molar-refractivity contribution in [3.63, 3.8) is 0 Å². The standard InChI is InChI=1S/C12H8BrN2O2/c13-9-4-3-5-10(8-9)14-11-6-1-2-7-12(11)15(16)17/h1,3-8,14H. The molecule has 0 spiro atoms. The number of nitro groups is 1. The van der Waals surface area contributed by atoms with Crippen molar-refractivity contribution >= 4 is 33.0 Å². The van der Waals surface area contributed by atoms with E-state index < -0.39 is 4.92 Å². The van der Waals surface area contributed by atoms with Gasteiger partial charge < -0.3 is 5.32 Å². The molecule has 4 nitrogen and oxygen atoms in total. The maximum Gasteiger partial charge on any atom is 0.293 e. The van der Waals surface area contributed by atoms with E-state index >= 15 is 0 Å². The number of nitro benzene ring substituents is 1. The Morgan fingerprint density at radius 2 is 2.18 bits per heavy atom. The Hall–Kier alpha value is -1.88. The van der Waals surface area contributed by atoms with Gasteiger partial charge >= 0.3 is 0 Å². The van der Waals surface area contributed by atoms with E-state index in [0.717, 1.165) is 10.2 Å². The van der Waals surface area contributed by atoms with Crippen molar-refractivity contribution in [1.82, 2.24) is 0 Å². The van der Waals surface area contributed by atoms with Crippen LogP contribution in [0.2, 0.25) is 0 Å². The van der Waals surface area contributed by atoms with Gasteiger partial charge in [-0.25, -0.2) is 0 Å². The number of hydrogen-bond donors (Lipinski definition) is 1. The van der Waals surface area contributed by atoms with Gasteiger partial charge in [0, 0.05) is 16.2 Å². The third-order valence-electron chi connectivity index (χ3n) is 2.14. The van der Waals surface area contributed by atoms with Gasteiger partial charge in [-0.1, -0.05) is 28.1 Å². The fourth-order valence-electron chi connectivity index (χ4n) is 1.40. The van der Waals surface area contributed by atoms with Gasteiger partial charge in [0.15, 0.2) is 0 Å². The molecule has 0 amide bonds. The number of nitrogens with zero attached hydrogens (tertiary/aromatic N) is 1. The summed E-state index contributed by atoms with van der Waals surface area (Å²) in [5, 5.41) is 13.8. The lowest BCUT2D eigenvalue weighted by Gasteiger charge is -2.06. The van der Waals surface area contributed by atoms with Crippen molar-refractivity contribution in [3.05, 3.63) is 63.1 Å². The van der Waals surface area contributed by atoms with Gasteiger partial charge in [0.1, 0.15) is 5.69 Å². The van der Waals surface area contributed by atoms with Crippen LogP contribution in [0.15, 0.2) is 46.9 Å². The number of nitrogens with one attached hydrogen (secondary N) is 1. The molecule has 17 heavy (non-hydrogen) atoms. The Morgan fingerprint density at radius 1 is 1.35 bits per heavy atom. The van der Waals surface area contributed by atoms with Gasteiger partial charge in [0.05, 0.1) is 4.92 Å². The number of halogens is 1. The zero-order valence-corrected chi connectivity index (χ0v) is 10.3. The number of hydrogen-bond acceptors (Lipinski definition) is 3. The summed E-state index contributed by atoms with van der Waals surface area (Å²) in [6.07, 6.45) is 0. The second kappa shape index (κ2) is 4.97. The monoisotopic (exact) mass is 291 g/mol. The maximum absolute atomic E-state index is 10.8. The Balaban J connectivity index is 2.33. The summed E-state index contributed by atoms with van der Waals surface area (Å²) in [5.41, 5.74) is 1.24. The van der Waals surface area contributed by atoms with E-state index in [1.807, 2.05) is 24.3 Å². The largest absolute Gasteiger partial charge is 0.350 e. The molecular formula is C12H8BrN2O2. The average Bonchev–Trinajstić information content (AvgIpc) is 2.29. The lowest BCUT2D eigenvalue weighted by atomic mass is 10.2. The highest BCUT2D eigenvalue weighted by molar-refractivity contribution is 9.10. The Bertz CT molecular complexity index is 558. The molecule has 0 heterocycles.